The molecule has 1 spiro atoms. The molecule has 6 bridgehead atoms. The minimum Gasteiger partial charge on any atom is -0.464 e. The Morgan fingerprint density at radius 2 is 1.65 bits per heavy atom. The van der Waals surface area contributed by atoms with Gasteiger partial charge >= 0.3 is 5.97 Å². The summed E-state index contributed by atoms with van der Waals surface area (Å²) in [6, 6.07) is 8.25. The highest BCUT2D eigenvalue weighted by atomic mass is 16.5. The van der Waals surface area contributed by atoms with E-state index in [-0.39, 0.29) is 59.8 Å². The first-order chi connectivity index (χ1) is 36.2. The number of fused-ring (bicyclic) bond motifs is 6. The second kappa shape index (κ2) is 18.9. The van der Waals surface area contributed by atoms with E-state index in [4.69, 9.17) is 23.9 Å². The fourth-order valence-electron chi connectivity index (χ4n) is 14.1. The van der Waals surface area contributed by atoms with Gasteiger partial charge in [0.2, 0.25) is 11.8 Å². The molecule has 2 amide bonds. The van der Waals surface area contributed by atoms with E-state index in [1.165, 1.54) is 31.2 Å². The fourth-order valence-corrected chi connectivity index (χ4v) is 14.1. The van der Waals surface area contributed by atoms with Gasteiger partial charge in [-0.1, -0.05) is 33.8 Å². The van der Waals surface area contributed by atoms with Crippen LogP contribution in [0.25, 0.3) is 33.4 Å². The number of likely N-dealkylation sites (N-methyl/N-ethyl adjacent to an activating group) is 1. The summed E-state index contributed by atoms with van der Waals surface area (Å²) in [5.74, 6) is -0.228. The van der Waals surface area contributed by atoms with E-state index in [1.54, 1.807) is 18.4 Å². The van der Waals surface area contributed by atoms with Crippen LogP contribution >= 0.6 is 0 Å². The predicted molar refractivity (Wildman–Crippen MR) is 286 cm³/mol. The number of carbonyl (C=O) groups excluding carboxylic acids is 3. The molecular weight excluding hydrogens is 947 g/mol. The van der Waals surface area contributed by atoms with Gasteiger partial charge in [-0.2, -0.15) is 0 Å². The van der Waals surface area contributed by atoms with Gasteiger partial charge in [0.25, 0.3) is 5.91 Å². The zero-order valence-corrected chi connectivity index (χ0v) is 45.4. The number of nitrogens with one attached hydrogen (secondary N) is 2. The maximum Gasteiger partial charge on any atom is 0.324 e. The zero-order valence-electron chi connectivity index (χ0n) is 45.4. The molecule has 4 aromatic rings. The van der Waals surface area contributed by atoms with Crippen LogP contribution in [0.3, 0.4) is 0 Å². The predicted octanol–water partition coefficient (Wildman–Crippen LogP) is 6.20. The minimum atomic E-state index is -1.04. The number of carbonyl (C=O) groups is 3. The summed E-state index contributed by atoms with van der Waals surface area (Å²) >= 11 is 0. The van der Waals surface area contributed by atoms with E-state index >= 15 is 4.79 Å². The SMILES string of the molecule is CO[C@@H](C)c1ncc(N2CCN(C3CC3)CC2)cc1-c1c2c3cc(ccc3n1C1CN(C3CC3)C1)-c1coc(n1)[C@@H](N1CC3(CCCN3C)C1)[C@H](NC(=O)C1[C@@H](C)[C@H]1C)C(=O)N1CCC[C@H](N1)C(=O)OCC(C)(C)C2. The highest BCUT2D eigenvalue weighted by Crippen LogP contribution is 2.49. The van der Waals surface area contributed by atoms with Gasteiger partial charge in [-0.3, -0.25) is 44.0 Å². The number of methoxy groups -OCH3 is 1. The molecule has 8 fully saturated rings. The number of nitrogens with zero attached hydrogens (tertiary/aromatic N) is 9. The zero-order chi connectivity index (χ0) is 51.7. The highest BCUT2D eigenvalue weighted by Gasteiger charge is 2.56. The number of hydrogen-bond acceptors (Lipinski definition) is 14. The first-order valence-corrected chi connectivity index (χ1v) is 28.6. The van der Waals surface area contributed by atoms with Crippen LogP contribution < -0.4 is 15.6 Å². The molecule has 7 atom stereocenters. The molecule has 3 aromatic heterocycles. The molecule has 0 radical (unpaired) electrons. The number of pyridine rings is 1. The van der Waals surface area contributed by atoms with Crippen molar-refractivity contribution in [2.75, 3.05) is 91.1 Å². The fraction of sp³-hybridized carbons (Fsp3) is 0.672. The Morgan fingerprint density at radius 3 is 2.35 bits per heavy atom. The van der Waals surface area contributed by atoms with Crippen molar-refractivity contribution >= 4 is 34.4 Å². The number of oxazole rings is 1. The maximum atomic E-state index is 15.3. The molecule has 402 valence electrons. The lowest BCUT2D eigenvalue weighted by atomic mass is 9.84. The van der Waals surface area contributed by atoms with E-state index in [2.05, 4.69) is 112 Å². The van der Waals surface area contributed by atoms with Gasteiger partial charge in [0.15, 0.2) is 0 Å². The standard InChI is InChI=1S/C58H79N11O6/c1-34-35(2)48(34)53(70)61-50-52(67-31-58(32-67)17-9-18-63(58)6)54-60-46(30-74-54)37-11-16-47-42(24-37)44(26-57(4,5)33-75-56(72)45-10-8-19-68(62-45)55(50)71)51(69(47)41-28-66(29-41)39-14-15-39)43-25-40(27-59-49(43)36(3)73-7)65-22-20-64(21-23-65)38-12-13-38/h11,16,24-25,27,30,34-36,38-39,41,45,48,50,52,62H,8-10,12-15,17-23,26,28-29,31-33H2,1-7H3,(H,61,70)/t34-,35+,36-,45-,48?,50-,52-/m0/s1. The van der Waals surface area contributed by atoms with E-state index in [0.717, 1.165) is 104 Å². The van der Waals surface area contributed by atoms with Crippen molar-refractivity contribution in [2.45, 2.75) is 140 Å². The molecule has 17 heteroatoms. The monoisotopic (exact) mass is 1030 g/mol. The number of likely N-dealkylation sites (tertiary alicyclic amines) is 3. The quantitative estimate of drug-likeness (QED) is 0.173. The van der Waals surface area contributed by atoms with Crippen LogP contribution in [0, 0.1) is 23.2 Å². The summed E-state index contributed by atoms with van der Waals surface area (Å²) < 4.78 is 21.8. The van der Waals surface area contributed by atoms with Gasteiger partial charge in [0, 0.05) is 117 Å². The lowest BCUT2D eigenvalue weighted by Gasteiger charge is -2.55. The molecular formula is C58H79N11O6. The van der Waals surface area contributed by atoms with Gasteiger partial charge in [0.1, 0.15) is 30.1 Å². The molecule has 17 nitrogen and oxygen atoms in total. The topological polar surface area (TPSA) is 157 Å². The molecule has 2 N–H and O–H groups in total. The second-order valence-corrected chi connectivity index (χ2v) is 25.2. The van der Waals surface area contributed by atoms with E-state index in [0.29, 0.717) is 56.5 Å². The second-order valence-electron chi connectivity index (χ2n) is 25.2. The summed E-state index contributed by atoms with van der Waals surface area (Å²) in [7, 11) is 3.96. The van der Waals surface area contributed by atoms with Gasteiger partial charge in [-0.25, -0.2) is 10.4 Å². The van der Waals surface area contributed by atoms with Gasteiger partial charge in [0.05, 0.1) is 42.0 Å². The van der Waals surface area contributed by atoms with Crippen LogP contribution in [0.4, 0.5) is 5.69 Å². The van der Waals surface area contributed by atoms with Crippen LogP contribution in [0.15, 0.2) is 41.1 Å². The Labute approximate surface area is 441 Å². The normalized spacial score (nSPS) is 30.3. The van der Waals surface area contributed by atoms with Crippen molar-refractivity contribution in [1.82, 2.24) is 49.9 Å². The summed E-state index contributed by atoms with van der Waals surface area (Å²) in [4.78, 5) is 67.2. The molecule has 1 unspecified atom stereocenters. The lowest BCUT2D eigenvalue weighted by Crippen LogP contribution is -2.71. The average Bonchev–Trinajstić information content (AvgIpc) is 4.37. The summed E-state index contributed by atoms with van der Waals surface area (Å²) in [6.07, 6.45) is 12.5. The van der Waals surface area contributed by atoms with Crippen molar-refractivity contribution < 1.29 is 28.3 Å². The number of benzene rings is 1. The van der Waals surface area contributed by atoms with Crippen molar-refractivity contribution in [2.24, 2.45) is 23.2 Å². The Morgan fingerprint density at radius 1 is 0.907 bits per heavy atom. The third-order valence-corrected chi connectivity index (χ3v) is 19.5. The molecule has 3 saturated carbocycles. The first kappa shape index (κ1) is 49.6. The number of anilines is 1. The third kappa shape index (κ3) is 8.98. The lowest BCUT2D eigenvalue weighted by molar-refractivity contribution is -0.157. The number of amides is 2. The summed E-state index contributed by atoms with van der Waals surface area (Å²) in [5.41, 5.74) is 10.9. The number of aromatic nitrogens is 3. The van der Waals surface area contributed by atoms with Gasteiger partial charge in [-0.05, 0) is 114 Å². The smallest absolute Gasteiger partial charge is 0.324 e. The number of hydrogen-bond donors (Lipinski definition) is 2. The molecule has 9 aliphatic rings. The number of rotatable bonds is 10. The van der Waals surface area contributed by atoms with Crippen LogP contribution in [0.5, 0.6) is 0 Å². The van der Waals surface area contributed by atoms with Crippen molar-refractivity contribution in [1.29, 1.82) is 0 Å². The number of hydrazine groups is 1. The average molecular weight is 1030 g/mol. The van der Waals surface area contributed by atoms with Crippen LogP contribution in [-0.4, -0.2) is 173 Å². The van der Waals surface area contributed by atoms with Crippen molar-refractivity contribution in [3.05, 3.63) is 53.9 Å². The number of piperazine rings is 1. The maximum absolute atomic E-state index is 15.3. The first-order valence-electron chi connectivity index (χ1n) is 28.6. The Bertz CT molecular complexity index is 2840. The molecule has 5 saturated heterocycles. The van der Waals surface area contributed by atoms with E-state index < -0.39 is 23.5 Å². The number of esters is 1. The Kier molecular flexibility index (Phi) is 12.5. The highest BCUT2D eigenvalue weighted by molar-refractivity contribution is 5.96. The summed E-state index contributed by atoms with van der Waals surface area (Å²) in [5, 5.41) is 5.95. The Balaban J connectivity index is 0.966. The largest absolute Gasteiger partial charge is 0.464 e. The Hall–Kier alpha value is -4.91. The van der Waals surface area contributed by atoms with Gasteiger partial charge < -0.3 is 28.7 Å². The van der Waals surface area contributed by atoms with Crippen LogP contribution in [-0.2, 0) is 30.3 Å². The molecule has 1 aromatic carbocycles. The van der Waals surface area contributed by atoms with Gasteiger partial charge in [-0.15, -0.1) is 0 Å². The molecule has 9 heterocycles. The van der Waals surface area contributed by atoms with Crippen molar-refractivity contribution in [3.63, 3.8) is 0 Å². The van der Waals surface area contributed by atoms with E-state index in [9.17, 15) is 9.59 Å². The molecule has 75 heavy (non-hydrogen) atoms. The molecule has 3 aliphatic carbocycles. The number of ether oxygens (including phenoxy) is 2. The van der Waals surface area contributed by atoms with Crippen LogP contribution in [0.1, 0.15) is 121 Å². The third-order valence-electron chi connectivity index (χ3n) is 19.5. The summed E-state index contributed by atoms with van der Waals surface area (Å²) in [6.45, 7) is 19.6. The van der Waals surface area contributed by atoms with Crippen molar-refractivity contribution in [3.8, 4) is 22.5 Å². The molecule has 13 rings (SSSR count). The number of cyclic esters (lactones) is 1. The van der Waals surface area contributed by atoms with Crippen LogP contribution in [0.2, 0.25) is 0 Å². The molecule has 6 aliphatic heterocycles. The minimum absolute atomic E-state index is 0.0199. The van der Waals surface area contributed by atoms with E-state index in [1.807, 2.05) is 0 Å².